The highest BCUT2D eigenvalue weighted by molar-refractivity contribution is 5.81. The number of likely N-dealkylation sites (tertiary alicyclic amines) is 1. The molecule has 4 heteroatoms. The van der Waals surface area contributed by atoms with E-state index >= 15 is 0 Å². The van der Waals surface area contributed by atoms with E-state index in [1.54, 1.807) is 6.08 Å². The highest BCUT2D eigenvalue weighted by atomic mass is 16.3. The summed E-state index contributed by atoms with van der Waals surface area (Å²) < 4.78 is 0. The van der Waals surface area contributed by atoms with E-state index in [-0.39, 0.29) is 18.1 Å². The molecule has 1 aliphatic heterocycles. The number of hydrogen-bond donors (Lipinski definition) is 2. The Bertz CT molecular complexity index is 345. The molecule has 1 aliphatic carbocycles. The molecule has 1 saturated carbocycles. The Hall–Kier alpha value is -0.870. The molecule has 2 aliphatic rings. The number of rotatable bonds is 5. The lowest BCUT2D eigenvalue weighted by molar-refractivity contribution is -0.127. The van der Waals surface area contributed by atoms with E-state index in [0.717, 1.165) is 38.6 Å². The Labute approximate surface area is 122 Å². The second-order valence-electron chi connectivity index (χ2n) is 6.17. The van der Waals surface area contributed by atoms with Crippen LogP contribution in [0.15, 0.2) is 12.7 Å². The highest BCUT2D eigenvalue weighted by Crippen LogP contribution is 2.35. The van der Waals surface area contributed by atoms with Crippen molar-refractivity contribution in [3.63, 3.8) is 0 Å². The quantitative estimate of drug-likeness (QED) is 0.754. The van der Waals surface area contributed by atoms with Crippen molar-refractivity contribution in [3.05, 3.63) is 12.7 Å². The fraction of sp³-hybridized carbons (Fsp3) is 0.812. The molecular weight excluding hydrogens is 252 g/mol. The number of aliphatic hydroxyl groups excluding tert-OH is 1. The zero-order chi connectivity index (χ0) is 14.5. The predicted molar refractivity (Wildman–Crippen MR) is 80.4 cm³/mol. The van der Waals surface area contributed by atoms with Gasteiger partial charge in [-0.3, -0.25) is 9.69 Å². The molecule has 0 bridgehead atoms. The number of nitrogens with zero attached hydrogens (tertiary/aromatic N) is 1. The molecule has 0 aromatic heterocycles. The van der Waals surface area contributed by atoms with Crippen LogP contribution in [0.25, 0.3) is 0 Å². The van der Waals surface area contributed by atoms with Crippen LogP contribution in [0.3, 0.4) is 0 Å². The summed E-state index contributed by atoms with van der Waals surface area (Å²) in [7, 11) is 0. The fourth-order valence-electron chi connectivity index (χ4n) is 3.82. The normalized spacial score (nSPS) is 32.8. The monoisotopic (exact) mass is 280 g/mol. The SMILES string of the molecule is C=CCNC(=O)C(C)N1CCCC1C1CCCCC1O. The third-order valence-electron chi connectivity index (χ3n) is 4.92. The average Bonchev–Trinajstić information content (AvgIpc) is 2.93. The number of carbonyl (C=O) groups excluding carboxylic acids is 1. The van der Waals surface area contributed by atoms with E-state index in [2.05, 4.69) is 16.8 Å². The summed E-state index contributed by atoms with van der Waals surface area (Å²) in [6, 6.07) is 0.256. The van der Waals surface area contributed by atoms with Crippen molar-refractivity contribution in [2.24, 2.45) is 5.92 Å². The van der Waals surface area contributed by atoms with E-state index < -0.39 is 0 Å². The topological polar surface area (TPSA) is 52.6 Å². The Balaban J connectivity index is 1.98. The number of amides is 1. The van der Waals surface area contributed by atoms with Crippen molar-refractivity contribution in [1.29, 1.82) is 0 Å². The maximum Gasteiger partial charge on any atom is 0.237 e. The number of carbonyl (C=O) groups is 1. The summed E-state index contributed by atoms with van der Waals surface area (Å²) in [6.07, 6.45) is 8.14. The van der Waals surface area contributed by atoms with Gasteiger partial charge in [0.05, 0.1) is 12.1 Å². The maximum absolute atomic E-state index is 12.1. The molecule has 2 rings (SSSR count). The number of aliphatic hydroxyl groups is 1. The number of hydrogen-bond acceptors (Lipinski definition) is 3. The highest BCUT2D eigenvalue weighted by Gasteiger charge is 2.40. The van der Waals surface area contributed by atoms with Crippen molar-refractivity contribution in [1.82, 2.24) is 10.2 Å². The van der Waals surface area contributed by atoms with E-state index in [1.807, 2.05) is 6.92 Å². The van der Waals surface area contributed by atoms with Gasteiger partial charge in [-0.1, -0.05) is 18.9 Å². The second-order valence-corrected chi connectivity index (χ2v) is 6.17. The summed E-state index contributed by atoms with van der Waals surface area (Å²) >= 11 is 0. The van der Waals surface area contributed by atoms with Crippen LogP contribution in [0.2, 0.25) is 0 Å². The molecule has 4 atom stereocenters. The lowest BCUT2D eigenvalue weighted by Crippen LogP contribution is -2.51. The van der Waals surface area contributed by atoms with Crippen LogP contribution < -0.4 is 5.32 Å². The van der Waals surface area contributed by atoms with Crippen LogP contribution in [0.1, 0.15) is 45.4 Å². The smallest absolute Gasteiger partial charge is 0.237 e. The van der Waals surface area contributed by atoms with E-state index in [4.69, 9.17) is 0 Å². The van der Waals surface area contributed by atoms with Crippen molar-refractivity contribution >= 4 is 5.91 Å². The molecule has 0 spiro atoms. The summed E-state index contributed by atoms with van der Waals surface area (Å²) in [5.74, 6) is 0.419. The first kappa shape index (κ1) is 15.5. The van der Waals surface area contributed by atoms with Crippen LogP contribution in [0.5, 0.6) is 0 Å². The zero-order valence-electron chi connectivity index (χ0n) is 12.6. The first-order chi connectivity index (χ1) is 9.65. The van der Waals surface area contributed by atoms with Crippen molar-refractivity contribution in [3.8, 4) is 0 Å². The van der Waals surface area contributed by atoms with Crippen LogP contribution in [0.4, 0.5) is 0 Å². The Morgan fingerprint density at radius 1 is 1.40 bits per heavy atom. The Morgan fingerprint density at radius 2 is 2.15 bits per heavy atom. The molecule has 114 valence electrons. The third kappa shape index (κ3) is 3.41. The van der Waals surface area contributed by atoms with Gasteiger partial charge in [0.15, 0.2) is 0 Å². The van der Waals surface area contributed by atoms with Crippen molar-refractivity contribution < 1.29 is 9.90 Å². The van der Waals surface area contributed by atoms with Gasteiger partial charge in [-0.05, 0) is 39.2 Å². The lowest BCUT2D eigenvalue weighted by atomic mass is 9.80. The molecule has 1 heterocycles. The largest absolute Gasteiger partial charge is 0.393 e. The van der Waals surface area contributed by atoms with Gasteiger partial charge in [-0.2, -0.15) is 0 Å². The van der Waals surface area contributed by atoms with E-state index in [0.29, 0.717) is 18.5 Å². The van der Waals surface area contributed by atoms with Crippen molar-refractivity contribution in [2.75, 3.05) is 13.1 Å². The standard InChI is InChI=1S/C16H28N2O2/c1-3-10-17-16(20)12(2)18-11-6-8-14(18)13-7-4-5-9-15(13)19/h3,12-15,19H,1,4-11H2,2H3,(H,17,20). The van der Waals surface area contributed by atoms with Gasteiger partial charge in [0.1, 0.15) is 0 Å². The molecule has 4 nitrogen and oxygen atoms in total. The lowest BCUT2D eigenvalue weighted by Gasteiger charge is -2.39. The summed E-state index contributed by atoms with van der Waals surface area (Å²) in [5.41, 5.74) is 0. The first-order valence-corrected chi connectivity index (χ1v) is 7.97. The minimum atomic E-state index is -0.183. The van der Waals surface area contributed by atoms with Crippen LogP contribution >= 0.6 is 0 Å². The fourth-order valence-corrected chi connectivity index (χ4v) is 3.82. The summed E-state index contributed by atoms with van der Waals surface area (Å²) in [5, 5.41) is 13.2. The van der Waals surface area contributed by atoms with Gasteiger partial charge < -0.3 is 10.4 Å². The molecule has 4 unspecified atom stereocenters. The molecule has 0 aromatic rings. The van der Waals surface area contributed by atoms with E-state index in [9.17, 15) is 9.90 Å². The minimum Gasteiger partial charge on any atom is -0.393 e. The van der Waals surface area contributed by atoms with E-state index in [1.165, 1.54) is 6.42 Å². The molecular formula is C16H28N2O2. The van der Waals surface area contributed by atoms with Gasteiger partial charge >= 0.3 is 0 Å². The minimum absolute atomic E-state index is 0.0714. The molecule has 20 heavy (non-hydrogen) atoms. The first-order valence-electron chi connectivity index (χ1n) is 7.97. The van der Waals surface area contributed by atoms with Crippen LogP contribution in [-0.2, 0) is 4.79 Å². The van der Waals surface area contributed by atoms with Gasteiger partial charge in [0, 0.05) is 18.5 Å². The van der Waals surface area contributed by atoms with Crippen molar-refractivity contribution in [2.45, 2.75) is 63.6 Å². The molecule has 2 N–H and O–H groups in total. The molecule has 1 saturated heterocycles. The van der Waals surface area contributed by atoms with Gasteiger partial charge in [-0.15, -0.1) is 6.58 Å². The van der Waals surface area contributed by atoms with Gasteiger partial charge in [0.25, 0.3) is 0 Å². The second kappa shape index (κ2) is 7.23. The zero-order valence-corrected chi connectivity index (χ0v) is 12.6. The van der Waals surface area contributed by atoms with Crippen LogP contribution in [-0.4, -0.2) is 47.2 Å². The van der Waals surface area contributed by atoms with Gasteiger partial charge in [-0.25, -0.2) is 0 Å². The molecule has 1 amide bonds. The Kier molecular flexibility index (Phi) is 5.61. The summed E-state index contributed by atoms with van der Waals surface area (Å²) in [4.78, 5) is 14.4. The summed E-state index contributed by atoms with van der Waals surface area (Å²) in [6.45, 7) is 7.09. The number of nitrogens with one attached hydrogen (secondary N) is 1. The molecule has 2 fully saturated rings. The van der Waals surface area contributed by atoms with Crippen LogP contribution in [0, 0.1) is 5.92 Å². The molecule has 0 radical (unpaired) electrons. The van der Waals surface area contributed by atoms with Gasteiger partial charge in [0.2, 0.25) is 5.91 Å². The Morgan fingerprint density at radius 3 is 2.85 bits per heavy atom. The maximum atomic E-state index is 12.1. The molecule has 0 aromatic carbocycles. The third-order valence-corrected chi connectivity index (χ3v) is 4.92. The predicted octanol–water partition coefficient (Wildman–Crippen LogP) is 1.69. The average molecular weight is 280 g/mol.